The second kappa shape index (κ2) is 5.09. The molecule has 0 bridgehead atoms. The van der Waals surface area contributed by atoms with Gasteiger partial charge in [0.15, 0.2) is 5.69 Å². The maximum Gasteiger partial charge on any atom is 0.434 e. The van der Waals surface area contributed by atoms with Crippen molar-refractivity contribution in [3.63, 3.8) is 0 Å². The molecule has 0 aliphatic rings. The number of carboxylic acids is 1. The first kappa shape index (κ1) is 13.4. The summed E-state index contributed by atoms with van der Waals surface area (Å²) in [6.07, 6.45) is -4.08. The van der Waals surface area contributed by atoms with Crippen LogP contribution in [0.5, 0.6) is 0 Å². The van der Waals surface area contributed by atoms with Crippen molar-refractivity contribution >= 4 is 5.97 Å². The summed E-state index contributed by atoms with van der Waals surface area (Å²) < 4.78 is 42.2. The lowest BCUT2D eigenvalue weighted by Gasteiger charge is -2.10. The average molecular weight is 250 g/mol. The molecule has 0 spiro atoms. The molecule has 0 amide bonds. The second-order valence-corrected chi connectivity index (χ2v) is 3.09. The molecule has 0 aliphatic heterocycles. The number of ether oxygens (including phenoxy) is 1. The Hall–Kier alpha value is -1.70. The Labute approximate surface area is 94.3 Å². The van der Waals surface area contributed by atoms with Crippen molar-refractivity contribution in [1.29, 1.82) is 0 Å². The number of rotatable bonds is 4. The lowest BCUT2D eigenvalue weighted by atomic mass is 10.2. The van der Waals surface area contributed by atoms with Crippen molar-refractivity contribution in [1.82, 2.24) is 9.97 Å². The van der Waals surface area contributed by atoms with Gasteiger partial charge in [-0.2, -0.15) is 13.2 Å². The van der Waals surface area contributed by atoms with Gasteiger partial charge in [0.1, 0.15) is 11.4 Å². The summed E-state index contributed by atoms with van der Waals surface area (Å²) >= 11 is 0. The Morgan fingerprint density at radius 2 is 2.18 bits per heavy atom. The number of methoxy groups -OCH3 is 1. The van der Waals surface area contributed by atoms with E-state index in [1.54, 1.807) is 0 Å². The Kier molecular flexibility index (Phi) is 4.00. The molecule has 0 fully saturated rings. The van der Waals surface area contributed by atoms with Crippen LogP contribution in [0.1, 0.15) is 21.9 Å². The molecule has 0 saturated heterocycles. The summed E-state index contributed by atoms with van der Waals surface area (Å²) in [5.74, 6) is -1.82. The van der Waals surface area contributed by atoms with Gasteiger partial charge in [-0.1, -0.05) is 0 Å². The molecule has 5 nitrogen and oxygen atoms in total. The van der Waals surface area contributed by atoms with E-state index in [2.05, 4.69) is 14.7 Å². The number of aromatic nitrogens is 2. The number of hydrogen-bond donors (Lipinski definition) is 1. The molecule has 0 atom stereocenters. The topological polar surface area (TPSA) is 72.3 Å². The zero-order valence-electron chi connectivity index (χ0n) is 8.78. The summed E-state index contributed by atoms with van der Waals surface area (Å²) in [5, 5.41) is 8.59. The molecule has 0 aromatic carbocycles. The zero-order chi connectivity index (χ0) is 13.1. The van der Waals surface area contributed by atoms with Gasteiger partial charge in [0.2, 0.25) is 0 Å². The third-order valence-corrected chi connectivity index (χ3v) is 1.87. The van der Waals surface area contributed by atoms with Gasteiger partial charge >= 0.3 is 12.1 Å². The summed E-state index contributed by atoms with van der Waals surface area (Å²) in [4.78, 5) is 17.3. The van der Waals surface area contributed by atoms with Crippen LogP contribution in [-0.4, -0.2) is 34.8 Å². The van der Waals surface area contributed by atoms with E-state index in [0.717, 1.165) is 0 Å². The second-order valence-electron chi connectivity index (χ2n) is 3.09. The molecule has 1 aromatic heterocycles. The van der Waals surface area contributed by atoms with E-state index < -0.39 is 23.4 Å². The largest absolute Gasteiger partial charge is 0.478 e. The van der Waals surface area contributed by atoms with Crippen molar-refractivity contribution in [2.24, 2.45) is 0 Å². The monoisotopic (exact) mass is 250 g/mol. The molecule has 1 aromatic rings. The summed E-state index contributed by atoms with van der Waals surface area (Å²) in [5.41, 5.74) is -2.40. The third-order valence-electron chi connectivity index (χ3n) is 1.87. The fourth-order valence-electron chi connectivity index (χ4n) is 1.10. The maximum atomic E-state index is 12.5. The first-order chi connectivity index (χ1) is 7.86. The summed E-state index contributed by atoms with van der Waals surface area (Å²) in [6.45, 7) is 0.156. The molecular formula is C9H9F3N2O3. The van der Waals surface area contributed by atoms with Crippen molar-refractivity contribution in [3.8, 4) is 0 Å². The number of carbonyl (C=O) groups is 1. The molecule has 0 radical (unpaired) electrons. The quantitative estimate of drug-likeness (QED) is 0.874. The van der Waals surface area contributed by atoms with E-state index in [-0.39, 0.29) is 18.9 Å². The number of nitrogens with zero attached hydrogens (tertiary/aromatic N) is 2. The van der Waals surface area contributed by atoms with E-state index in [1.165, 1.54) is 7.11 Å². The smallest absolute Gasteiger partial charge is 0.434 e. The minimum atomic E-state index is -4.82. The molecule has 0 unspecified atom stereocenters. The van der Waals surface area contributed by atoms with Gasteiger partial charge in [-0.15, -0.1) is 0 Å². The van der Waals surface area contributed by atoms with Crippen LogP contribution in [-0.2, 0) is 17.3 Å². The van der Waals surface area contributed by atoms with E-state index >= 15 is 0 Å². The van der Waals surface area contributed by atoms with E-state index in [0.29, 0.717) is 6.20 Å². The van der Waals surface area contributed by atoms with Crippen LogP contribution in [0.25, 0.3) is 0 Å². The van der Waals surface area contributed by atoms with Gasteiger partial charge in [0.05, 0.1) is 6.61 Å². The number of carboxylic acid groups (broad SMARTS) is 1. The lowest BCUT2D eigenvalue weighted by Crippen LogP contribution is -2.18. The molecule has 0 saturated carbocycles. The predicted molar refractivity (Wildman–Crippen MR) is 49.6 cm³/mol. The number of alkyl halides is 3. The number of hydrogen-bond acceptors (Lipinski definition) is 4. The highest BCUT2D eigenvalue weighted by atomic mass is 19.4. The van der Waals surface area contributed by atoms with Crippen molar-refractivity contribution in [2.75, 3.05) is 13.7 Å². The van der Waals surface area contributed by atoms with Crippen LogP contribution in [0.4, 0.5) is 13.2 Å². The fourth-order valence-corrected chi connectivity index (χ4v) is 1.10. The van der Waals surface area contributed by atoms with Crippen LogP contribution in [0.2, 0.25) is 0 Å². The lowest BCUT2D eigenvalue weighted by molar-refractivity contribution is -0.141. The molecule has 1 rings (SSSR count). The fraction of sp³-hybridized carbons (Fsp3) is 0.444. The molecule has 94 valence electrons. The van der Waals surface area contributed by atoms with Crippen LogP contribution in [0.3, 0.4) is 0 Å². The van der Waals surface area contributed by atoms with Gasteiger partial charge in [-0.05, 0) is 0 Å². The Balaban J connectivity index is 3.15. The molecule has 1 N–H and O–H groups in total. The number of aromatic carboxylic acids is 1. The highest BCUT2D eigenvalue weighted by Gasteiger charge is 2.38. The molecular weight excluding hydrogens is 241 g/mol. The van der Waals surface area contributed by atoms with Gasteiger partial charge in [-0.25, -0.2) is 14.8 Å². The molecule has 17 heavy (non-hydrogen) atoms. The van der Waals surface area contributed by atoms with Crippen LogP contribution in [0, 0.1) is 0 Å². The summed E-state index contributed by atoms with van der Waals surface area (Å²) in [7, 11) is 1.39. The van der Waals surface area contributed by atoms with Gasteiger partial charge < -0.3 is 9.84 Å². The molecule has 0 aliphatic carbocycles. The van der Waals surface area contributed by atoms with Crippen molar-refractivity contribution < 1.29 is 27.8 Å². The Morgan fingerprint density at radius 1 is 1.53 bits per heavy atom. The normalized spacial score (nSPS) is 11.5. The van der Waals surface area contributed by atoms with Crippen LogP contribution in [0.15, 0.2) is 6.20 Å². The maximum absolute atomic E-state index is 12.5. The van der Waals surface area contributed by atoms with E-state index in [4.69, 9.17) is 5.11 Å². The minimum absolute atomic E-state index is 0.0828. The zero-order valence-corrected chi connectivity index (χ0v) is 8.78. The molecule has 8 heteroatoms. The average Bonchev–Trinajstić information content (AvgIpc) is 2.24. The highest BCUT2D eigenvalue weighted by Crippen LogP contribution is 2.30. The SMILES string of the molecule is COCCc1ncc(C(=O)O)c(C(F)(F)F)n1. The predicted octanol–water partition coefficient (Wildman–Crippen LogP) is 1.38. The first-order valence-electron chi connectivity index (χ1n) is 4.51. The van der Waals surface area contributed by atoms with Gasteiger partial charge in [0, 0.05) is 19.7 Å². The van der Waals surface area contributed by atoms with E-state index in [1.807, 2.05) is 0 Å². The highest BCUT2D eigenvalue weighted by molar-refractivity contribution is 5.88. The van der Waals surface area contributed by atoms with Crippen LogP contribution < -0.4 is 0 Å². The van der Waals surface area contributed by atoms with Crippen LogP contribution >= 0.6 is 0 Å². The van der Waals surface area contributed by atoms with Gasteiger partial charge in [-0.3, -0.25) is 0 Å². The standard InChI is InChI=1S/C9H9F3N2O3/c1-17-3-2-6-13-4-5(8(15)16)7(14-6)9(10,11)12/h4H,2-3H2,1H3,(H,15,16). The summed E-state index contributed by atoms with van der Waals surface area (Å²) in [6, 6.07) is 0. The third kappa shape index (κ3) is 3.38. The van der Waals surface area contributed by atoms with E-state index in [9.17, 15) is 18.0 Å². The van der Waals surface area contributed by atoms with Crippen molar-refractivity contribution in [2.45, 2.75) is 12.6 Å². The van der Waals surface area contributed by atoms with Gasteiger partial charge in [0.25, 0.3) is 0 Å². The Morgan fingerprint density at radius 3 is 2.65 bits per heavy atom. The molecule has 1 heterocycles. The number of halogens is 3. The Bertz CT molecular complexity index is 420. The minimum Gasteiger partial charge on any atom is -0.478 e. The first-order valence-corrected chi connectivity index (χ1v) is 4.51. The van der Waals surface area contributed by atoms with Crippen molar-refractivity contribution in [3.05, 3.63) is 23.3 Å².